The fourth-order valence-electron chi connectivity index (χ4n) is 3.78. The summed E-state index contributed by atoms with van der Waals surface area (Å²) in [4.78, 5) is 14.8. The van der Waals surface area contributed by atoms with Crippen LogP contribution in [0.3, 0.4) is 0 Å². The first-order valence-electron chi connectivity index (χ1n) is 8.70. The average Bonchev–Trinajstić information content (AvgIpc) is 3.25. The van der Waals surface area contributed by atoms with E-state index < -0.39 is 0 Å². The van der Waals surface area contributed by atoms with E-state index in [1.165, 1.54) is 5.56 Å². The summed E-state index contributed by atoms with van der Waals surface area (Å²) in [5.74, 6) is 0.913. The Kier molecular flexibility index (Phi) is 4.06. The molecule has 1 amide bonds. The first-order valence-corrected chi connectivity index (χ1v) is 8.70. The molecule has 1 aliphatic heterocycles. The van der Waals surface area contributed by atoms with Gasteiger partial charge in [-0.1, -0.05) is 42.0 Å². The number of likely N-dealkylation sites (tertiary alicyclic amines) is 1. The quantitative estimate of drug-likeness (QED) is 0.797. The summed E-state index contributed by atoms with van der Waals surface area (Å²) in [5, 5.41) is 0.970. The van der Waals surface area contributed by atoms with E-state index in [1.54, 1.807) is 0 Å². The van der Waals surface area contributed by atoms with Gasteiger partial charge < -0.3 is 15.1 Å². The van der Waals surface area contributed by atoms with Crippen molar-refractivity contribution in [2.24, 2.45) is 11.7 Å². The number of furan rings is 1. The van der Waals surface area contributed by atoms with Crippen molar-refractivity contribution in [1.82, 2.24) is 4.90 Å². The van der Waals surface area contributed by atoms with E-state index in [0.29, 0.717) is 25.4 Å². The highest BCUT2D eigenvalue weighted by Gasteiger charge is 2.36. The molecule has 0 aliphatic carbocycles. The second kappa shape index (κ2) is 6.37. The van der Waals surface area contributed by atoms with E-state index in [0.717, 1.165) is 16.5 Å². The molecular formula is C21H22N2O2. The van der Waals surface area contributed by atoms with Gasteiger partial charge in [-0.15, -0.1) is 0 Å². The Labute approximate surface area is 147 Å². The largest absolute Gasteiger partial charge is 0.451 e. The average molecular weight is 334 g/mol. The molecule has 25 heavy (non-hydrogen) atoms. The Balaban J connectivity index is 1.59. The predicted molar refractivity (Wildman–Crippen MR) is 98.6 cm³/mol. The Bertz CT molecular complexity index is 901. The summed E-state index contributed by atoms with van der Waals surface area (Å²) in [5.41, 5.74) is 9.13. The number of fused-ring (bicyclic) bond motifs is 1. The first kappa shape index (κ1) is 15.9. The highest BCUT2D eigenvalue weighted by Crippen LogP contribution is 2.33. The molecule has 1 fully saturated rings. The Hall–Kier alpha value is -2.59. The molecular weight excluding hydrogens is 312 g/mol. The molecule has 2 N–H and O–H groups in total. The zero-order valence-electron chi connectivity index (χ0n) is 14.3. The number of aryl methyl sites for hydroxylation is 1. The van der Waals surface area contributed by atoms with Gasteiger partial charge in [-0.05, 0) is 43.1 Å². The highest BCUT2D eigenvalue weighted by atomic mass is 16.3. The minimum atomic E-state index is -0.0502. The maximum atomic E-state index is 12.9. The molecule has 2 heterocycles. The van der Waals surface area contributed by atoms with Crippen LogP contribution in [-0.4, -0.2) is 30.4 Å². The smallest absolute Gasteiger partial charge is 0.289 e. The number of hydrogen-bond acceptors (Lipinski definition) is 3. The lowest BCUT2D eigenvalue weighted by Gasteiger charge is -2.16. The number of amides is 1. The van der Waals surface area contributed by atoms with Crippen molar-refractivity contribution in [2.75, 3.05) is 19.6 Å². The third-order valence-electron chi connectivity index (χ3n) is 5.14. The lowest BCUT2D eigenvalue weighted by atomic mass is 9.89. The van der Waals surface area contributed by atoms with Crippen LogP contribution >= 0.6 is 0 Å². The standard InChI is InChI=1S/C21H22N2O2/c1-14-7-8-19-16(9-14)10-20(25-19)21(24)23-12-17(11-22)18(13-23)15-5-3-2-4-6-15/h2-10,17-18H,11-13,22H2,1H3/t17-,18+/m1/s1. The van der Waals surface area contributed by atoms with E-state index >= 15 is 0 Å². The maximum Gasteiger partial charge on any atom is 0.289 e. The van der Waals surface area contributed by atoms with Gasteiger partial charge in [0.05, 0.1) is 0 Å². The van der Waals surface area contributed by atoms with Crippen LogP contribution in [0.1, 0.15) is 27.6 Å². The second-order valence-corrected chi connectivity index (χ2v) is 6.88. The maximum absolute atomic E-state index is 12.9. The van der Waals surface area contributed by atoms with Gasteiger partial charge in [0.2, 0.25) is 0 Å². The second-order valence-electron chi connectivity index (χ2n) is 6.88. The van der Waals surface area contributed by atoms with Crippen molar-refractivity contribution in [3.05, 3.63) is 71.5 Å². The van der Waals surface area contributed by atoms with Crippen LogP contribution in [0.15, 0.2) is 59.0 Å². The van der Waals surface area contributed by atoms with Crippen LogP contribution in [0.2, 0.25) is 0 Å². The molecule has 0 unspecified atom stereocenters. The number of rotatable bonds is 3. The lowest BCUT2D eigenvalue weighted by molar-refractivity contribution is 0.0757. The number of nitrogens with two attached hydrogens (primary N) is 1. The predicted octanol–water partition coefficient (Wildman–Crippen LogP) is 3.56. The van der Waals surface area contributed by atoms with E-state index in [1.807, 2.05) is 54.3 Å². The van der Waals surface area contributed by atoms with Gasteiger partial charge in [0, 0.05) is 24.4 Å². The van der Waals surface area contributed by atoms with Crippen molar-refractivity contribution in [1.29, 1.82) is 0 Å². The first-order chi connectivity index (χ1) is 12.2. The molecule has 2 atom stereocenters. The normalized spacial score (nSPS) is 20.3. The number of benzene rings is 2. The van der Waals surface area contributed by atoms with Crippen molar-refractivity contribution >= 4 is 16.9 Å². The van der Waals surface area contributed by atoms with Crippen LogP contribution in [0, 0.1) is 12.8 Å². The Morgan fingerprint density at radius 1 is 1.16 bits per heavy atom. The molecule has 4 heteroatoms. The third kappa shape index (κ3) is 2.94. The highest BCUT2D eigenvalue weighted by molar-refractivity contribution is 5.96. The molecule has 1 aromatic heterocycles. The number of carbonyl (C=O) groups excluding carboxylic acids is 1. The minimum absolute atomic E-state index is 0.0502. The third-order valence-corrected chi connectivity index (χ3v) is 5.14. The summed E-state index contributed by atoms with van der Waals surface area (Å²) >= 11 is 0. The van der Waals surface area contributed by atoms with Crippen molar-refractivity contribution < 1.29 is 9.21 Å². The Morgan fingerprint density at radius 3 is 2.72 bits per heavy atom. The monoisotopic (exact) mass is 334 g/mol. The van der Waals surface area contributed by atoms with Crippen LogP contribution in [0.5, 0.6) is 0 Å². The van der Waals surface area contributed by atoms with Gasteiger partial charge in [-0.25, -0.2) is 0 Å². The van der Waals surface area contributed by atoms with Crippen molar-refractivity contribution in [3.63, 3.8) is 0 Å². The Morgan fingerprint density at radius 2 is 1.96 bits per heavy atom. The summed E-state index contributed by atoms with van der Waals surface area (Å²) < 4.78 is 5.78. The molecule has 0 spiro atoms. The number of nitrogens with zero attached hydrogens (tertiary/aromatic N) is 1. The molecule has 2 aromatic carbocycles. The summed E-state index contributed by atoms with van der Waals surface area (Å²) in [6, 6.07) is 18.1. The van der Waals surface area contributed by atoms with E-state index in [-0.39, 0.29) is 17.7 Å². The summed E-state index contributed by atoms with van der Waals surface area (Å²) in [6.07, 6.45) is 0. The van der Waals surface area contributed by atoms with E-state index in [9.17, 15) is 4.79 Å². The molecule has 128 valence electrons. The van der Waals surface area contributed by atoms with Crippen LogP contribution in [0.25, 0.3) is 11.0 Å². The van der Waals surface area contributed by atoms with E-state index in [4.69, 9.17) is 10.2 Å². The van der Waals surface area contributed by atoms with Gasteiger partial charge in [-0.3, -0.25) is 4.79 Å². The van der Waals surface area contributed by atoms with Gasteiger partial charge in [-0.2, -0.15) is 0 Å². The number of hydrogen-bond donors (Lipinski definition) is 1. The topological polar surface area (TPSA) is 59.5 Å². The molecule has 0 bridgehead atoms. The molecule has 1 aliphatic rings. The van der Waals surface area contributed by atoms with Gasteiger partial charge >= 0.3 is 0 Å². The fourth-order valence-corrected chi connectivity index (χ4v) is 3.78. The summed E-state index contributed by atoms with van der Waals surface area (Å²) in [6.45, 7) is 3.96. The molecule has 0 radical (unpaired) electrons. The molecule has 0 saturated carbocycles. The lowest BCUT2D eigenvalue weighted by Crippen LogP contribution is -2.29. The zero-order valence-corrected chi connectivity index (χ0v) is 14.3. The molecule has 4 nitrogen and oxygen atoms in total. The van der Waals surface area contributed by atoms with Crippen LogP contribution in [-0.2, 0) is 0 Å². The van der Waals surface area contributed by atoms with Gasteiger partial charge in [0.1, 0.15) is 5.58 Å². The van der Waals surface area contributed by atoms with Gasteiger partial charge in [0.25, 0.3) is 5.91 Å². The van der Waals surface area contributed by atoms with Gasteiger partial charge in [0.15, 0.2) is 5.76 Å². The summed E-state index contributed by atoms with van der Waals surface area (Å²) in [7, 11) is 0. The van der Waals surface area contributed by atoms with Crippen LogP contribution < -0.4 is 5.73 Å². The number of carbonyl (C=O) groups is 1. The molecule has 4 rings (SSSR count). The minimum Gasteiger partial charge on any atom is -0.451 e. The van der Waals surface area contributed by atoms with Crippen molar-refractivity contribution in [2.45, 2.75) is 12.8 Å². The fraction of sp³-hybridized carbons (Fsp3) is 0.286. The molecule has 3 aromatic rings. The van der Waals surface area contributed by atoms with E-state index in [2.05, 4.69) is 12.1 Å². The van der Waals surface area contributed by atoms with Crippen LogP contribution in [0.4, 0.5) is 0 Å². The zero-order chi connectivity index (χ0) is 17.4. The molecule has 1 saturated heterocycles. The van der Waals surface area contributed by atoms with Crippen molar-refractivity contribution in [3.8, 4) is 0 Å². The SMILES string of the molecule is Cc1ccc2oc(C(=O)N3C[C@@H](CN)[C@H](c4ccccc4)C3)cc2c1.